The number of nitrogens with two attached hydrogens (primary N) is 1. The van der Waals surface area contributed by atoms with Gasteiger partial charge < -0.3 is 15.8 Å². The number of anilines is 1. The maximum absolute atomic E-state index is 11.0. The second kappa shape index (κ2) is 6.69. The highest BCUT2D eigenvalue weighted by Gasteiger charge is 2.17. The number of primary amides is 1. The van der Waals surface area contributed by atoms with E-state index in [4.69, 9.17) is 10.5 Å². The van der Waals surface area contributed by atoms with Crippen LogP contribution in [0.15, 0.2) is 18.2 Å². The van der Waals surface area contributed by atoms with E-state index in [0.29, 0.717) is 18.9 Å². The highest BCUT2D eigenvalue weighted by Crippen LogP contribution is 2.26. The zero-order chi connectivity index (χ0) is 14.4. The number of amides is 1. The van der Waals surface area contributed by atoms with Crippen LogP contribution >= 0.6 is 0 Å². The van der Waals surface area contributed by atoms with E-state index in [1.54, 1.807) is 0 Å². The summed E-state index contributed by atoms with van der Waals surface area (Å²) >= 11 is 0. The molecule has 1 unspecified atom stereocenters. The second-order valence-corrected chi connectivity index (χ2v) is 4.06. The van der Waals surface area contributed by atoms with Crippen LogP contribution in [0.1, 0.15) is 24.2 Å². The summed E-state index contributed by atoms with van der Waals surface area (Å²) in [6.07, 6.45) is 0. The van der Waals surface area contributed by atoms with E-state index in [-0.39, 0.29) is 17.3 Å². The van der Waals surface area contributed by atoms with Crippen LogP contribution < -0.4 is 11.1 Å². The van der Waals surface area contributed by atoms with Gasteiger partial charge in [0, 0.05) is 24.3 Å². The Morgan fingerprint density at radius 2 is 2.26 bits per heavy atom. The Bertz CT molecular complexity index is 476. The molecular weight excluding hydrogens is 250 g/mol. The number of nitrogens with one attached hydrogen (secondary N) is 1. The molecule has 0 aliphatic heterocycles. The van der Waals surface area contributed by atoms with Gasteiger partial charge in [0.1, 0.15) is 5.69 Å². The van der Waals surface area contributed by atoms with Gasteiger partial charge in [0.25, 0.3) is 5.69 Å². The standard InChI is InChI=1S/C12H17N3O4/c1-3-19-7-8(2)14-10-5-4-9(12(13)16)6-11(10)15(17)18/h4-6,8,14H,3,7H2,1-2H3,(H2,13,16). The van der Waals surface area contributed by atoms with Gasteiger partial charge in [0.05, 0.1) is 11.5 Å². The fraction of sp³-hybridized carbons (Fsp3) is 0.417. The number of ether oxygens (including phenoxy) is 1. The second-order valence-electron chi connectivity index (χ2n) is 4.06. The average molecular weight is 267 g/mol. The molecule has 7 nitrogen and oxygen atoms in total. The van der Waals surface area contributed by atoms with Crippen molar-refractivity contribution >= 4 is 17.3 Å². The Kier molecular flexibility index (Phi) is 5.25. The number of hydrogen-bond donors (Lipinski definition) is 2. The molecule has 1 aromatic carbocycles. The molecule has 1 rings (SSSR count). The number of carbonyl (C=O) groups is 1. The summed E-state index contributed by atoms with van der Waals surface area (Å²) in [5.41, 5.74) is 5.36. The van der Waals surface area contributed by atoms with Crippen molar-refractivity contribution in [2.24, 2.45) is 5.73 Å². The summed E-state index contributed by atoms with van der Waals surface area (Å²) in [4.78, 5) is 21.4. The maximum Gasteiger partial charge on any atom is 0.293 e. The molecule has 0 fully saturated rings. The Labute approximate surface area is 110 Å². The van der Waals surface area contributed by atoms with E-state index in [2.05, 4.69) is 5.32 Å². The van der Waals surface area contributed by atoms with Gasteiger partial charge in [-0.2, -0.15) is 0 Å². The van der Waals surface area contributed by atoms with Crippen molar-refractivity contribution in [3.05, 3.63) is 33.9 Å². The number of rotatable bonds is 7. The van der Waals surface area contributed by atoms with Gasteiger partial charge in [-0.1, -0.05) is 0 Å². The molecule has 1 atom stereocenters. The van der Waals surface area contributed by atoms with Crippen molar-refractivity contribution in [1.82, 2.24) is 0 Å². The summed E-state index contributed by atoms with van der Waals surface area (Å²) in [5, 5.41) is 13.9. The van der Waals surface area contributed by atoms with Crippen molar-refractivity contribution in [3.8, 4) is 0 Å². The number of carbonyl (C=O) groups excluding carboxylic acids is 1. The highest BCUT2D eigenvalue weighted by atomic mass is 16.6. The normalized spacial score (nSPS) is 11.9. The third kappa shape index (κ3) is 4.22. The van der Waals surface area contributed by atoms with Crippen LogP contribution in [0.2, 0.25) is 0 Å². The number of nitro benzene ring substituents is 1. The van der Waals surface area contributed by atoms with Gasteiger partial charge >= 0.3 is 0 Å². The first-order valence-electron chi connectivity index (χ1n) is 5.88. The van der Waals surface area contributed by atoms with E-state index in [1.807, 2.05) is 13.8 Å². The molecule has 0 bridgehead atoms. The molecule has 19 heavy (non-hydrogen) atoms. The lowest BCUT2D eigenvalue weighted by atomic mass is 10.1. The first-order valence-corrected chi connectivity index (χ1v) is 5.88. The van der Waals surface area contributed by atoms with Crippen LogP contribution in [0.5, 0.6) is 0 Å². The number of hydrogen-bond acceptors (Lipinski definition) is 5. The van der Waals surface area contributed by atoms with Crippen molar-refractivity contribution in [2.75, 3.05) is 18.5 Å². The van der Waals surface area contributed by atoms with Crippen molar-refractivity contribution < 1.29 is 14.5 Å². The smallest absolute Gasteiger partial charge is 0.293 e. The van der Waals surface area contributed by atoms with Crippen LogP contribution in [0, 0.1) is 10.1 Å². The lowest BCUT2D eigenvalue weighted by molar-refractivity contribution is -0.384. The van der Waals surface area contributed by atoms with Crippen LogP contribution in [0.25, 0.3) is 0 Å². The fourth-order valence-corrected chi connectivity index (χ4v) is 1.56. The minimum Gasteiger partial charge on any atom is -0.380 e. The van der Waals surface area contributed by atoms with Crippen LogP contribution in [-0.4, -0.2) is 30.1 Å². The van der Waals surface area contributed by atoms with E-state index >= 15 is 0 Å². The van der Waals surface area contributed by atoms with Gasteiger partial charge in [-0.3, -0.25) is 14.9 Å². The summed E-state index contributed by atoms with van der Waals surface area (Å²) in [5.74, 6) is -0.697. The molecule has 7 heteroatoms. The largest absolute Gasteiger partial charge is 0.380 e. The molecule has 3 N–H and O–H groups in total. The van der Waals surface area contributed by atoms with Gasteiger partial charge in [-0.25, -0.2) is 0 Å². The molecule has 0 aliphatic rings. The number of nitrogens with zero attached hydrogens (tertiary/aromatic N) is 1. The van der Waals surface area contributed by atoms with Crippen LogP contribution in [0.3, 0.4) is 0 Å². The Morgan fingerprint density at radius 1 is 1.58 bits per heavy atom. The molecule has 1 amide bonds. The first kappa shape index (κ1) is 14.9. The topological polar surface area (TPSA) is 107 Å². The van der Waals surface area contributed by atoms with Gasteiger partial charge in [0.2, 0.25) is 5.91 Å². The molecule has 0 spiro atoms. The van der Waals surface area contributed by atoms with E-state index in [0.717, 1.165) is 6.07 Å². The SMILES string of the molecule is CCOCC(C)Nc1ccc(C(N)=O)cc1[N+](=O)[O-]. The predicted molar refractivity (Wildman–Crippen MR) is 71.2 cm³/mol. The maximum atomic E-state index is 11.0. The summed E-state index contributed by atoms with van der Waals surface area (Å²) in [7, 11) is 0. The van der Waals surface area contributed by atoms with Gasteiger partial charge in [-0.05, 0) is 26.0 Å². The van der Waals surface area contributed by atoms with Gasteiger partial charge in [-0.15, -0.1) is 0 Å². The Balaban J connectivity index is 2.94. The minimum atomic E-state index is -0.697. The average Bonchev–Trinajstić information content (AvgIpc) is 2.36. The summed E-state index contributed by atoms with van der Waals surface area (Å²) < 4.78 is 5.22. The van der Waals surface area contributed by atoms with Crippen molar-refractivity contribution in [2.45, 2.75) is 19.9 Å². The molecule has 104 valence electrons. The monoisotopic (exact) mass is 267 g/mol. The van der Waals surface area contributed by atoms with Crippen molar-refractivity contribution in [3.63, 3.8) is 0 Å². The molecule has 0 aromatic heterocycles. The third-order valence-corrected chi connectivity index (χ3v) is 2.45. The van der Waals surface area contributed by atoms with Crippen LogP contribution in [-0.2, 0) is 4.74 Å². The molecular formula is C12H17N3O4. The zero-order valence-electron chi connectivity index (χ0n) is 10.9. The quantitative estimate of drug-likeness (QED) is 0.575. The molecule has 0 saturated heterocycles. The molecule has 0 saturated carbocycles. The lowest BCUT2D eigenvalue weighted by Gasteiger charge is -2.15. The van der Waals surface area contributed by atoms with Gasteiger partial charge in [0.15, 0.2) is 0 Å². The highest BCUT2D eigenvalue weighted by molar-refractivity contribution is 5.94. The van der Waals surface area contributed by atoms with Crippen LogP contribution in [0.4, 0.5) is 11.4 Å². The Morgan fingerprint density at radius 3 is 2.79 bits per heavy atom. The minimum absolute atomic E-state index is 0.0851. The lowest BCUT2D eigenvalue weighted by Crippen LogP contribution is -2.22. The number of nitro groups is 1. The number of benzene rings is 1. The third-order valence-electron chi connectivity index (χ3n) is 2.45. The summed E-state index contributed by atoms with van der Waals surface area (Å²) in [6, 6.07) is 4.00. The molecule has 0 radical (unpaired) electrons. The zero-order valence-corrected chi connectivity index (χ0v) is 10.9. The fourth-order valence-electron chi connectivity index (χ4n) is 1.56. The van der Waals surface area contributed by atoms with Crippen molar-refractivity contribution in [1.29, 1.82) is 0 Å². The van der Waals surface area contributed by atoms with E-state index in [1.165, 1.54) is 12.1 Å². The molecule has 0 aliphatic carbocycles. The Hall–Kier alpha value is -2.15. The summed E-state index contributed by atoms with van der Waals surface area (Å²) in [6.45, 7) is 4.73. The molecule has 1 aromatic rings. The molecule has 0 heterocycles. The van der Waals surface area contributed by atoms with E-state index in [9.17, 15) is 14.9 Å². The first-order chi connectivity index (χ1) is 8.95. The predicted octanol–water partition coefficient (Wildman–Crippen LogP) is 1.53. The van der Waals surface area contributed by atoms with E-state index < -0.39 is 10.8 Å².